The molecule has 0 saturated heterocycles. The monoisotopic (exact) mass is 373 g/mol. The van der Waals surface area contributed by atoms with Crippen LogP contribution in [0.3, 0.4) is 0 Å². The second kappa shape index (κ2) is 6.72. The maximum absolute atomic E-state index is 13.0. The zero-order chi connectivity index (χ0) is 18.1. The lowest BCUT2D eigenvalue weighted by Gasteiger charge is -2.19. The van der Waals surface area contributed by atoms with E-state index in [1.165, 1.54) is 12.1 Å². The summed E-state index contributed by atoms with van der Waals surface area (Å²) in [7, 11) is 0. The highest BCUT2D eigenvalue weighted by atomic mass is 35.5. The minimum atomic E-state index is -0.461. The lowest BCUT2D eigenvalue weighted by Crippen LogP contribution is -2.16. The van der Waals surface area contributed by atoms with Crippen LogP contribution in [0.25, 0.3) is 11.3 Å². The number of hydrogen-bond acceptors (Lipinski definition) is 4. The van der Waals surface area contributed by atoms with Gasteiger partial charge in [0.15, 0.2) is 17.3 Å². The largest absolute Gasteiger partial charge is 0.486 e. The normalized spacial score (nSPS) is 12.7. The van der Waals surface area contributed by atoms with Crippen molar-refractivity contribution in [2.75, 3.05) is 18.5 Å². The quantitative estimate of drug-likeness (QED) is 0.718. The highest BCUT2D eigenvalue weighted by Crippen LogP contribution is 2.38. The molecule has 4 rings (SSSR count). The molecule has 1 aromatic heterocycles. The predicted octanol–water partition coefficient (Wildman–Crippen LogP) is 4.76. The third-order valence-corrected chi connectivity index (χ3v) is 4.15. The van der Waals surface area contributed by atoms with Gasteiger partial charge in [-0.05, 0) is 36.4 Å². The molecule has 2 heterocycles. The summed E-state index contributed by atoms with van der Waals surface area (Å²) in [5.41, 5.74) is 1.06. The van der Waals surface area contributed by atoms with Gasteiger partial charge in [0.25, 0.3) is 5.91 Å². The van der Waals surface area contributed by atoms with Crippen LogP contribution in [0.5, 0.6) is 11.5 Å². The van der Waals surface area contributed by atoms with Gasteiger partial charge in [0.1, 0.15) is 24.8 Å². The van der Waals surface area contributed by atoms with Crippen LogP contribution in [0.2, 0.25) is 5.02 Å². The number of rotatable bonds is 3. The van der Waals surface area contributed by atoms with Crippen LogP contribution in [0.4, 0.5) is 10.1 Å². The third kappa shape index (κ3) is 3.23. The fourth-order valence-corrected chi connectivity index (χ4v) is 2.77. The fourth-order valence-electron chi connectivity index (χ4n) is 2.57. The molecule has 1 aliphatic rings. The van der Waals surface area contributed by atoms with Crippen molar-refractivity contribution in [1.29, 1.82) is 0 Å². The third-order valence-electron chi connectivity index (χ3n) is 3.84. The molecule has 0 spiro atoms. The van der Waals surface area contributed by atoms with Gasteiger partial charge in [0.2, 0.25) is 0 Å². The van der Waals surface area contributed by atoms with Gasteiger partial charge in [-0.15, -0.1) is 0 Å². The van der Waals surface area contributed by atoms with Crippen molar-refractivity contribution in [3.8, 4) is 22.8 Å². The summed E-state index contributed by atoms with van der Waals surface area (Å²) in [5.74, 6) is 0.820. The van der Waals surface area contributed by atoms with E-state index in [4.69, 9.17) is 25.5 Å². The van der Waals surface area contributed by atoms with Gasteiger partial charge < -0.3 is 19.2 Å². The Labute approximate surface area is 153 Å². The van der Waals surface area contributed by atoms with E-state index in [2.05, 4.69) is 5.32 Å². The van der Waals surface area contributed by atoms with Crippen LogP contribution in [0.15, 0.2) is 52.9 Å². The number of furan rings is 1. The first-order chi connectivity index (χ1) is 12.6. The summed E-state index contributed by atoms with van der Waals surface area (Å²) >= 11 is 6.19. The van der Waals surface area contributed by atoms with Gasteiger partial charge in [-0.2, -0.15) is 0 Å². The molecule has 0 saturated carbocycles. The molecule has 0 unspecified atom stereocenters. The number of carbonyl (C=O) groups excluding carboxylic acids is 1. The maximum Gasteiger partial charge on any atom is 0.291 e. The van der Waals surface area contributed by atoms with E-state index in [0.29, 0.717) is 46.7 Å². The number of halogens is 2. The Kier molecular flexibility index (Phi) is 4.26. The number of benzene rings is 2. The van der Waals surface area contributed by atoms with Crippen molar-refractivity contribution in [2.45, 2.75) is 0 Å². The second-order valence-corrected chi connectivity index (χ2v) is 6.01. The Morgan fingerprint density at radius 3 is 2.42 bits per heavy atom. The molecule has 2 aromatic carbocycles. The topological polar surface area (TPSA) is 60.7 Å². The molecule has 0 fully saturated rings. The first-order valence-electron chi connectivity index (χ1n) is 7.86. The molecule has 1 amide bonds. The van der Waals surface area contributed by atoms with Crippen molar-refractivity contribution >= 4 is 23.2 Å². The minimum Gasteiger partial charge on any atom is -0.486 e. The van der Waals surface area contributed by atoms with Crippen molar-refractivity contribution in [1.82, 2.24) is 0 Å². The molecule has 132 valence electrons. The minimum absolute atomic E-state index is 0.107. The van der Waals surface area contributed by atoms with Crippen LogP contribution >= 0.6 is 11.6 Å². The smallest absolute Gasteiger partial charge is 0.291 e. The summed E-state index contributed by atoms with van der Waals surface area (Å²) in [6.07, 6.45) is 0. The molecular weight excluding hydrogens is 361 g/mol. The first kappa shape index (κ1) is 16.5. The van der Waals surface area contributed by atoms with Gasteiger partial charge in [-0.3, -0.25) is 4.79 Å². The first-order valence-corrected chi connectivity index (χ1v) is 8.24. The lowest BCUT2D eigenvalue weighted by molar-refractivity contribution is 0.0997. The van der Waals surface area contributed by atoms with Crippen LogP contribution in [0.1, 0.15) is 10.6 Å². The van der Waals surface area contributed by atoms with Crippen molar-refractivity contribution < 1.29 is 23.1 Å². The van der Waals surface area contributed by atoms with E-state index >= 15 is 0 Å². The van der Waals surface area contributed by atoms with Gasteiger partial charge in [-0.1, -0.05) is 11.6 Å². The van der Waals surface area contributed by atoms with Gasteiger partial charge in [0.05, 0.1) is 10.7 Å². The summed E-state index contributed by atoms with van der Waals surface area (Å²) in [5, 5.41) is 3.02. The Bertz CT molecular complexity index is 968. The van der Waals surface area contributed by atoms with Crippen LogP contribution in [-0.4, -0.2) is 19.1 Å². The summed E-state index contributed by atoms with van der Waals surface area (Å²) in [6.45, 7) is 0.884. The predicted molar refractivity (Wildman–Crippen MR) is 94.5 cm³/mol. The molecule has 5 nitrogen and oxygen atoms in total. The Hall–Kier alpha value is -2.99. The average Bonchev–Trinajstić information content (AvgIpc) is 3.13. The van der Waals surface area contributed by atoms with Crippen molar-refractivity contribution in [3.63, 3.8) is 0 Å². The van der Waals surface area contributed by atoms with Crippen LogP contribution in [0, 0.1) is 5.82 Å². The SMILES string of the molecule is O=C(Nc1cc2c(cc1Cl)OCCO2)c1ccc(-c2ccc(F)cc2)o1. The molecule has 0 aliphatic carbocycles. The van der Waals surface area contributed by atoms with Gasteiger partial charge in [0, 0.05) is 17.7 Å². The summed E-state index contributed by atoms with van der Waals surface area (Å²) in [4.78, 5) is 12.4. The molecular formula is C19H13ClFNO4. The number of carbonyl (C=O) groups is 1. The van der Waals surface area contributed by atoms with Gasteiger partial charge in [-0.25, -0.2) is 4.39 Å². The highest BCUT2D eigenvalue weighted by molar-refractivity contribution is 6.34. The number of amides is 1. The van der Waals surface area contributed by atoms with E-state index in [1.807, 2.05) is 0 Å². The molecule has 0 atom stereocenters. The van der Waals surface area contributed by atoms with E-state index < -0.39 is 5.91 Å². The molecule has 0 radical (unpaired) electrons. The lowest BCUT2D eigenvalue weighted by atomic mass is 10.2. The molecule has 1 aliphatic heterocycles. The molecule has 26 heavy (non-hydrogen) atoms. The number of ether oxygens (including phenoxy) is 2. The molecule has 7 heteroatoms. The fraction of sp³-hybridized carbons (Fsp3) is 0.105. The van der Waals surface area contributed by atoms with E-state index in [0.717, 1.165) is 0 Å². The highest BCUT2D eigenvalue weighted by Gasteiger charge is 2.18. The zero-order valence-electron chi connectivity index (χ0n) is 13.4. The van der Waals surface area contributed by atoms with E-state index in [9.17, 15) is 9.18 Å². The van der Waals surface area contributed by atoms with Crippen molar-refractivity contribution in [2.24, 2.45) is 0 Å². The average molecular weight is 374 g/mol. The van der Waals surface area contributed by atoms with Crippen LogP contribution < -0.4 is 14.8 Å². The Morgan fingerprint density at radius 2 is 1.69 bits per heavy atom. The number of hydrogen-bond donors (Lipinski definition) is 1. The Morgan fingerprint density at radius 1 is 1.00 bits per heavy atom. The Balaban J connectivity index is 1.55. The van der Waals surface area contributed by atoms with Gasteiger partial charge >= 0.3 is 0 Å². The zero-order valence-corrected chi connectivity index (χ0v) is 14.2. The number of nitrogens with one attached hydrogen (secondary N) is 1. The standard InChI is InChI=1S/C19H13ClFNO4/c20-13-9-17-18(25-8-7-24-17)10-14(13)22-19(23)16-6-5-15(26-16)11-1-3-12(21)4-2-11/h1-6,9-10H,7-8H2,(H,22,23). The maximum atomic E-state index is 13.0. The molecule has 0 bridgehead atoms. The molecule has 1 N–H and O–H groups in total. The second-order valence-electron chi connectivity index (χ2n) is 5.60. The summed E-state index contributed by atoms with van der Waals surface area (Å²) in [6, 6.07) is 12.2. The summed E-state index contributed by atoms with van der Waals surface area (Å²) < 4.78 is 29.5. The van der Waals surface area contributed by atoms with Crippen molar-refractivity contribution in [3.05, 3.63) is 65.1 Å². The number of anilines is 1. The number of fused-ring (bicyclic) bond motifs is 1. The molecule has 3 aromatic rings. The van der Waals surface area contributed by atoms with E-state index in [-0.39, 0.29) is 11.6 Å². The van der Waals surface area contributed by atoms with E-state index in [1.54, 1.807) is 36.4 Å². The van der Waals surface area contributed by atoms with Crippen LogP contribution in [-0.2, 0) is 0 Å².